The van der Waals surface area contributed by atoms with Gasteiger partial charge in [0.05, 0.1) is 23.9 Å². The number of nitrogens with one attached hydrogen (secondary N) is 2. The molecule has 0 saturated carbocycles. The van der Waals surface area contributed by atoms with Crippen molar-refractivity contribution >= 4 is 42.1 Å². The zero-order valence-corrected chi connectivity index (χ0v) is 17.7. The number of ether oxygens (including phenoxy) is 1. The number of morpholine rings is 1. The van der Waals surface area contributed by atoms with Gasteiger partial charge in [-0.15, -0.1) is 36.2 Å². The highest BCUT2D eigenvalue weighted by atomic mass is 35.5. The predicted molar refractivity (Wildman–Crippen MR) is 110 cm³/mol. The van der Waals surface area contributed by atoms with Crippen molar-refractivity contribution in [1.29, 1.82) is 0 Å². The lowest BCUT2D eigenvalue weighted by molar-refractivity contribution is -0.122. The van der Waals surface area contributed by atoms with Gasteiger partial charge in [-0.2, -0.15) is 0 Å². The first kappa shape index (κ1) is 23.6. The highest BCUT2D eigenvalue weighted by Crippen LogP contribution is 2.19. The van der Waals surface area contributed by atoms with E-state index in [-0.39, 0.29) is 36.8 Å². The van der Waals surface area contributed by atoms with E-state index in [0.29, 0.717) is 18.9 Å². The summed E-state index contributed by atoms with van der Waals surface area (Å²) in [5.41, 5.74) is 1.19. The summed E-state index contributed by atoms with van der Waals surface area (Å²) < 4.78 is 5.39. The van der Waals surface area contributed by atoms with Crippen molar-refractivity contribution in [3.05, 3.63) is 16.1 Å². The molecule has 1 amide bonds. The highest BCUT2D eigenvalue weighted by Gasteiger charge is 2.21. The fourth-order valence-electron chi connectivity index (χ4n) is 3.36. The molecule has 0 bridgehead atoms. The zero-order chi connectivity index (χ0) is 16.8. The molecule has 2 aliphatic heterocycles. The second-order valence-corrected chi connectivity index (χ2v) is 7.87. The van der Waals surface area contributed by atoms with Gasteiger partial charge < -0.3 is 15.4 Å². The van der Waals surface area contributed by atoms with Gasteiger partial charge in [-0.1, -0.05) is 0 Å². The van der Waals surface area contributed by atoms with E-state index in [1.165, 1.54) is 5.69 Å². The Labute approximate surface area is 172 Å². The summed E-state index contributed by atoms with van der Waals surface area (Å²) in [6.07, 6.45) is 2.81. The Morgan fingerprint density at radius 1 is 1.42 bits per heavy atom. The van der Waals surface area contributed by atoms with Gasteiger partial charge in [0, 0.05) is 37.5 Å². The predicted octanol–water partition coefficient (Wildman–Crippen LogP) is 2.00. The van der Waals surface area contributed by atoms with Crippen molar-refractivity contribution in [2.45, 2.75) is 38.8 Å². The Bertz CT molecular complexity index is 533. The van der Waals surface area contributed by atoms with Crippen LogP contribution in [0, 0.1) is 12.8 Å². The summed E-state index contributed by atoms with van der Waals surface area (Å²) in [5, 5.41) is 9.72. The molecule has 9 heteroatoms. The largest absolute Gasteiger partial charge is 0.378 e. The van der Waals surface area contributed by atoms with Crippen LogP contribution in [0.5, 0.6) is 0 Å². The molecule has 0 aromatic carbocycles. The van der Waals surface area contributed by atoms with Gasteiger partial charge in [-0.25, -0.2) is 4.98 Å². The van der Waals surface area contributed by atoms with Crippen LogP contribution in [-0.2, 0) is 16.1 Å². The molecule has 2 N–H and O–H groups in total. The Kier molecular flexibility index (Phi) is 11.0. The molecule has 26 heavy (non-hydrogen) atoms. The van der Waals surface area contributed by atoms with E-state index in [2.05, 4.69) is 32.8 Å². The van der Waals surface area contributed by atoms with E-state index in [0.717, 1.165) is 57.2 Å². The first-order valence-corrected chi connectivity index (χ1v) is 9.78. The number of amides is 1. The highest BCUT2D eigenvalue weighted by molar-refractivity contribution is 7.09. The van der Waals surface area contributed by atoms with Gasteiger partial charge in [0.25, 0.3) is 0 Å². The maximum absolute atomic E-state index is 12.0. The first-order chi connectivity index (χ1) is 11.7. The normalized spacial score (nSPS) is 21.5. The molecule has 3 rings (SSSR count). The van der Waals surface area contributed by atoms with E-state index >= 15 is 0 Å². The van der Waals surface area contributed by atoms with Gasteiger partial charge in [-0.3, -0.25) is 9.69 Å². The van der Waals surface area contributed by atoms with E-state index in [9.17, 15) is 4.79 Å². The number of piperidine rings is 1. The lowest BCUT2D eigenvalue weighted by atomic mass is 9.96. The van der Waals surface area contributed by atoms with Gasteiger partial charge >= 0.3 is 0 Å². The monoisotopic (exact) mass is 424 g/mol. The van der Waals surface area contributed by atoms with Crippen LogP contribution < -0.4 is 10.6 Å². The number of carbonyl (C=O) groups excluding carboxylic acids is 1. The fourth-order valence-corrected chi connectivity index (χ4v) is 3.97. The number of thiazole rings is 1. The molecule has 6 nitrogen and oxygen atoms in total. The van der Waals surface area contributed by atoms with Crippen LogP contribution in [0.3, 0.4) is 0 Å². The third-order valence-electron chi connectivity index (χ3n) is 4.78. The minimum absolute atomic E-state index is 0. The van der Waals surface area contributed by atoms with Crippen molar-refractivity contribution in [2.75, 3.05) is 39.4 Å². The number of nitrogens with zero attached hydrogens (tertiary/aromatic N) is 2. The number of aromatic nitrogens is 1. The number of halogens is 2. The maximum Gasteiger partial charge on any atom is 0.221 e. The van der Waals surface area contributed by atoms with Crippen LogP contribution in [0.25, 0.3) is 0 Å². The maximum atomic E-state index is 12.0. The molecule has 1 unspecified atom stereocenters. The second kappa shape index (κ2) is 12.1. The topological polar surface area (TPSA) is 66.5 Å². The molecule has 2 saturated heterocycles. The van der Waals surface area contributed by atoms with Crippen LogP contribution in [0.2, 0.25) is 0 Å². The SMILES string of the molecule is Cc1nc(CN2CCC(CNC(=O)CC3COCCN3)CC2)cs1.Cl.Cl. The molecule has 1 aromatic rings. The lowest BCUT2D eigenvalue weighted by Gasteiger charge is -2.31. The Morgan fingerprint density at radius 3 is 2.81 bits per heavy atom. The third-order valence-corrected chi connectivity index (χ3v) is 5.60. The average molecular weight is 425 g/mol. The molecule has 150 valence electrons. The number of aryl methyl sites for hydroxylation is 1. The van der Waals surface area contributed by atoms with Crippen molar-refractivity contribution < 1.29 is 9.53 Å². The Hall–Kier alpha value is -0.440. The van der Waals surface area contributed by atoms with Gasteiger partial charge in [0.1, 0.15) is 0 Å². The molecule has 2 fully saturated rings. The third kappa shape index (κ3) is 7.66. The number of carbonyl (C=O) groups is 1. The van der Waals surface area contributed by atoms with Crippen LogP contribution in [0.1, 0.15) is 30.0 Å². The standard InChI is InChI=1S/C17H28N4O2S.2ClH/c1-13-20-16(12-24-13)10-21-5-2-14(3-6-21)9-19-17(22)8-15-11-23-7-4-18-15;;/h12,14-15,18H,2-11H2,1H3,(H,19,22);2*1H. The second-order valence-electron chi connectivity index (χ2n) is 6.81. The molecule has 1 aromatic heterocycles. The number of likely N-dealkylation sites (tertiary alicyclic amines) is 1. The summed E-state index contributed by atoms with van der Waals surface area (Å²) in [6, 6.07) is 0.169. The van der Waals surface area contributed by atoms with E-state index < -0.39 is 0 Å². The average Bonchev–Trinajstić information content (AvgIpc) is 3.00. The minimum Gasteiger partial charge on any atom is -0.378 e. The molecule has 2 aliphatic rings. The molecule has 0 spiro atoms. The van der Waals surface area contributed by atoms with E-state index in [1.807, 2.05) is 0 Å². The van der Waals surface area contributed by atoms with Crippen molar-refractivity contribution in [3.8, 4) is 0 Å². The smallest absolute Gasteiger partial charge is 0.221 e. The first-order valence-electron chi connectivity index (χ1n) is 8.90. The lowest BCUT2D eigenvalue weighted by Crippen LogP contribution is -2.45. The zero-order valence-electron chi connectivity index (χ0n) is 15.2. The molecule has 0 radical (unpaired) electrons. The van der Waals surface area contributed by atoms with Crippen LogP contribution >= 0.6 is 36.2 Å². The minimum atomic E-state index is 0. The molecule has 0 aliphatic carbocycles. The van der Waals surface area contributed by atoms with Crippen LogP contribution in [0.4, 0.5) is 0 Å². The van der Waals surface area contributed by atoms with Crippen molar-refractivity contribution in [1.82, 2.24) is 20.5 Å². The summed E-state index contributed by atoms with van der Waals surface area (Å²) in [7, 11) is 0. The molecule has 3 heterocycles. The molecule has 1 atom stereocenters. The number of hydrogen-bond acceptors (Lipinski definition) is 6. The van der Waals surface area contributed by atoms with E-state index in [1.54, 1.807) is 11.3 Å². The quantitative estimate of drug-likeness (QED) is 0.730. The summed E-state index contributed by atoms with van der Waals surface area (Å²) in [6.45, 7) is 8.23. The summed E-state index contributed by atoms with van der Waals surface area (Å²) in [5.74, 6) is 0.733. The molecular formula is C17H30Cl2N4O2S. The Balaban J connectivity index is 0.00000169. The fraction of sp³-hybridized carbons (Fsp3) is 0.765. The summed E-state index contributed by atoms with van der Waals surface area (Å²) in [4.78, 5) is 19.0. The van der Waals surface area contributed by atoms with Gasteiger partial charge in [0.2, 0.25) is 5.91 Å². The van der Waals surface area contributed by atoms with Crippen LogP contribution in [-0.4, -0.2) is 61.2 Å². The number of rotatable bonds is 6. The van der Waals surface area contributed by atoms with Crippen molar-refractivity contribution in [2.24, 2.45) is 5.92 Å². The van der Waals surface area contributed by atoms with E-state index in [4.69, 9.17) is 4.74 Å². The van der Waals surface area contributed by atoms with Gasteiger partial charge in [-0.05, 0) is 38.8 Å². The van der Waals surface area contributed by atoms with Crippen LogP contribution in [0.15, 0.2) is 5.38 Å². The number of hydrogen-bond donors (Lipinski definition) is 2. The summed E-state index contributed by atoms with van der Waals surface area (Å²) >= 11 is 1.72. The molecular weight excluding hydrogens is 395 g/mol. The van der Waals surface area contributed by atoms with Gasteiger partial charge in [0.15, 0.2) is 0 Å². The Morgan fingerprint density at radius 2 is 2.19 bits per heavy atom. The van der Waals surface area contributed by atoms with Crippen molar-refractivity contribution in [3.63, 3.8) is 0 Å².